The van der Waals surface area contributed by atoms with Crippen LogP contribution in [0, 0.1) is 0 Å². The molecule has 0 aliphatic carbocycles. The highest BCUT2D eigenvalue weighted by Gasteiger charge is 2.16. The first-order chi connectivity index (χ1) is 16.2. The predicted molar refractivity (Wildman–Crippen MR) is 125 cm³/mol. The largest absolute Gasteiger partial charge is 0.497 e. The van der Waals surface area contributed by atoms with Gasteiger partial charge in [-0.05, 0) is 46.8 Å². The molecule has 1 N–H and O–H groups in total. The quantitative estimate of drug-likeness (QED) is 0.358. The third kappa shape index (κ3) is 4.08. The Labute approximate surface area is 192 Å². The zero-order valence-corrected chi connectivity index (χ0v) is 18.6. The highest BCUT2D eigenvalue weighted by Crippen LogP contribution is 2.36. The Morgan fingerprint density at radius 2 is 1.85 bits per heavy atom. The molecule has 2 aromatic heterocycles. The molecule has 0 saturated heterocycles. The number of rotatable bonds is 7. The van der Waals surface area contributed by atoms with Gasteiger partial charge < -0.3 is 19.2 Å². The van der Waals surface area contributed by atoms with Crippen LogP contribution in [0.25, 0.3) is 27.6 Å². The number of fused-ring (bicyclic) bond motifs is 3. The van der Waals surface area contributed by atoms with Gasteiger partial charge in [0.2, 0.25) is 11.1 Å². The van der Waals surface area contributed by atoms with Crippen LogP contribution in [0.15, 0.2) is 70.2 Å². The Kier molecular flexibility index (Phi) is 5.57. The van der Waals surface area contributed by atoms with Gasteiger partial charge in [0.05, 0.1) is 31.3 Å². The van der Waals surface area contributed by atoms with Crippen LogP contribution in [0.3, 0.4) is 0 Å². The van der Waals surface area contributed by atoms with E-state index in [2.05, 4.69) is 20.8 Å². The number of methoxy groups -OCH3 is 2. The minimum Gasteiger partial charge on any atom is -0.497 e. The van der Waals surface area contributed by atoms with Crippen LogP contribution in [0.4, 0.5) is 5.69 Å². The van der Waals surface area contributed by atoms with Crippen molar-refractivity contribution in [3.05, 3.63) is 60.7 Å². The average Bonchev–Trinajstić information content (AvgIpc) is 3.46. The number of thioether (sulfide) groups is 1. The third-order valence-corrected chi connectivity index (χ3v) is 5.98. The molecule has 10 heteroatoms. The van der Waals surface area contributed by atoms with E-state index in [1.165, 1.54) is 11.8 Å². The van der Waals surface area contributed by atoms with Crippen molar-refractivity contribution in [3.8, 4) is 17.2 Å². The van der Waals surface area contributed by atoms with Gasteiger partial charge in [0.1, 0.15) is 22.7 Å². The summed E-state index contributed by atoms with van der Waals surface area (Å²) in [6, 6.07) is 18.7. The van der Waals surface area contributed by atoms with Crippen molar-refractivity contribution >= 4 is 45.3 Å². The maximum absolute atomic E-state index is 12.7. The Morgan fingerprint density at radius 1 is 1.03 bits per heavy atom. The van der Waals surface area contributed by atoms with Crippen molar-refractivity contribution in [2.45, 2.75) is 5.16 Å². The van der Waals surface area contributed by atoms with E-state index < -0.39 is 0 Å². The summed E-state index contributed by atoms with van der Waals surface area (Å²) in [4.78, 5) is 12.7. The second-order valence-corrected chi connectivity index (χ2v) is 8.00. The van der Waals surface area contributed by atoms with Gasteiger partial charge in [-0.15, -0.1) is 5.10 Å². The fraction of sp³-hybridized carbons (Fsp3) is 0.130. The maximum Gasteiger partial charge on any atom is 0.234 e. The first-order valence-corrected chi connectivity index (χ1v) is 11.0. The summed E-state index contributed by atoms with van der Waals surface area (Å²) in [6.07, 6.45) is 0. The van der Waals surface area contributed by atoms with E-state index >= 15 is 0 Å². The summed E-state index contributed by atoms with van der Waals surface area (Å²) in [5, 5.41) is 17.1. The summed E-state index contributed by atoms with van der Waals surface area (Å²) in [5.41, 5.74) is 2.74. The minimum absolute atomic E-state index is 0.109. The fourth-order valence-corrected chi connectivity index (χ4v) is 4.18. The normalized spacial score (nSPS) is 11.1. The lowest BCUT2D eigenvalue weighted by atomic mass is 10.1. The van der Waals surface area contributed by atoms with E-state index in [9.17, 15) is 4.79 Å². The molecular weight excluding hydrogens is 442 g/mol. The molecule has 9 nitrogen and oxygen atoms in total. The van der Waals surface area contributed by atoms with Crippen LogP contribution in [-0.2, 0) is 4.79 Å². The maximum atomic E-state index is 12.7. The van der Waals surface area contributed by atoms with Crippen molar-refractivity contribution in [2.75, 3.05) is 25.3 Å². The van der Waals surface area contributed by atoms with Gasteiger partial charge in [-0.2, -0.15) is 4.68 Å². The number of benzene rings is 3. The Morgan fingerprint density at radius 3 is 2.64 bits per heavy atom. The Balaban J connectivity index is 1.32. The highest BCUT2D eigenvalue weighted by molar-refractivity contribution is 7.99. The third-order valence-electron chi connectivity index (χ3n) is 5.06. The van der Waals surface area contributed by atoms with Gasteiger partial charge in [0, 0.05) is 16.8 Å². The number of hydrogen-bond acceptors (Lipinski definition) is 8. The summed E-state index contributed by atoms with van der Waals surface area (Å²) in [5.74, 6) is 1.17. The van der Waals surface area contributed by atoms with Crippen molar-refractivity contribution in [3.63, 3.8) is 0 Å². The summed E-state index contributed by atoms with van der Waals surface area (Å²) >= 11 is 1.23. The molecule has 0 unspecified atom stereocenters. The highest BCUT2D eigenvalue weighted by atomic mass is 32.2. The molecule has 1 amide bonds. The zero-order valence-electron chi connectivity index (χ0n) is 17.8. The van der Waals surface area contributed by atoms with E-state index in [1.54, 1.807) is 25.0 Å². The molecule has 0 spiro atoms. The molecule has 0 fully saturated rings. The van der Waals surface area contributed by atoms with Crippen LogP contribution in [0.1, 0.15) is 0 Å². The number of tetrazole rings is 1. The van der Waals surface area contributed by atoms with Crippen LogP contribution in [-0.4, -0.2) is 46.1 Å². The number of nitrogens with zero attached hydrogens (tertiary/aromatic N) is 4. The smallest absolute Gasteiger partial charge is 0.234 e. The molecular formula is C23H19N5O4S. The minimum atomic E-state index is -0.224. The topological polar surface area (TPSA) is 104 Å². The molecule has 33 heavy (non-hydrogen) atoms. The van der Waals surface area contributed by atoms with Crippen LogP contribution in [0.2, 0.25) is 0 Å². The lowest BCUT2D eigenvalue weighted by Crippen LogP contribution is -2.15. The van der Waals surface area contributed by atoms with E-state index in [0.717, 1.165) is 27.8 Å². The van der Waals surface area contributed by atoms with Crippen LogP contribution >= 0.6 is 11.8 Å². The second kappa shape index (κ2) is 8.83. The van der Waals surface area contributed by atoms with Gasteiger partial charge >= 0.3 is 0 Å². The molecule has 5 rings (SSSR count). The number of amides is 1. The lowest BCUT2D eigenvalue weighted by molar-refractivity contribution is -0.113. The van der Waals surface area contributed by atoms with E-state index in [-0.39, 0.29) is 11.7 Å². The molecule has 0 bridgehead atoms. The SMILES string of the molecule is COc1ccc(-n2nnnc2SCC(=O)Nc2cc3oc4ccccc4c3cc2OC)cc1. The lowest BCUT2D eigenvalue weighted by Gasteiger charge is -2.10. The fourth-order valence-electron chi connectivity index (χ4n) is 3.49. The monoisotopic (exact) mass is 461 g/mol. The Hall–Kier alpha value is -4.05. The first kappa shape index (κ1) is 20.8. The van der Waals surface area contributed by atoms with Gasteiger partial charge in [0.15, 0.2) is 0 Å². The molecule has 0 aliphatic rings. The van der Waals surface area contributed by atoms with Crippen LogP contribution < -0.4 is 14.8 Å². The van der Waals surface area contributed by atoms with Gasteiger partial charge in [-0.1, -0.05) is 30.0 Å². The molecule has 5 aromatic rings. The number of aromatic nitrogens is 4. The standard InChI is InChI=1S/C23H19N5O4S/c1-30-15-9-7-14(8-10-15)28-23(25-26-27-28)33-13-22(29)24-18-12-20-17(11-21(18)31-2)16-5-3-4-6-19(16)32-20/h3-12H,13H2,1-2H3,(H,24,29). The van der Waals surface area contributed by atoms with Gasteiger partial charge in [-0.25, -0.2) is 0 Å². The van der Waals surface area contributed by atoms with E-state index in [0.29, 0.717) is 22.2 Å². The molecule has 0 saturated carbocycles. The second-order valence-electron chi connectivity index (χ2n) is 7.06. The average molecular weight is 462 g/mol. The van der Waals surface area contributed by atoms with Crippen molar-refractivity contribution in [1.29, 1.82) is 0 Å². The summed E-state index contributed by atoms with van der Waals surface area (Å²) in [7, 11) is 3.17. The van der Waals surface area contributed by atoms with Crippen molar-refractivity contribution in [2.24, 2.45) is 0 Å². The number of hydrogen-bond donors (Lipinski definition) is 1. The molecule has 3 aromatic carbocycles. The van der Waals surface area contributed by atoms with Gasteiger partial charge in [-0.3, -0.25) is 4.79 Å². The number of para-hydroxylation sites is 1. The zero-order chi connectivity index (χ0) is 22.8. The molecule has 166 valence electrons. The van der Waals surface area contributed by atoms with Crippen molar-refractivity contribution < 1.29 is 18.7 Å². The Bertz CT molecular complexity index is 1440. The molecule has 0 radical (unpaired) electrons. The summed E-state index contributed by atoms with van der Waals surface area (Å²) in [6.45, 7) is 0. The number of anilines is 1. The van der Waals surface area contributed by atoms with Crippen molar-refractivity contribution in [1.82, 2.24) is 20.2 Å². The van der Waals surface area contributed by atoms with Gasteiger partial charge in [0.25, 0.3) is 0 Å². The van der Waals surface area contributed by atoms with E-state index in [4.69, 9.17) is 13.9 Å². The number of carbonyl (C=O) groups is 1. The molecule has 0 aliphatic heterocycles. The van der Waals surface area contributed by atoms with E-state index in [1.807, 2.05) is 54.6 Å². The molecule has 0 atom stereocenters. The number of furan rings is 1. The molecule has 2 heterocycles. The number of ether oxygens (including phenoxy) is 2. The first-order valence-electron chi connectivity index (χ1n) is 10.0. The number of nitrogens with one attached hydrogen (secondary N) is 1. The summed E-state index contributed by atoms with van der Waals surface area (Å²) < 4.78 is 18.2. The predicted octanol–water partition coefficient (Wildman–Crippen LogP) is 4.31. The van der Waals surface area contributed by atoms with Crippen LogP contribution in [0.5, 0.6) is 11.5 Å². The number of carbonyl (C=O) groups excluding carboxylic acids is 1.